The van der Waals surface area contributed by atoms with Gasteiger partial charge in [-0.05, 0) is 69.8 Å². The highest BCUT2D eigenvalue weighted by atomic mass is 32.2. The smallest absolute Gasteiger partial charge is 0.246 e. The molecule has 7 unspecified atom stereocenters. The van der Waals surface area contributed by atoms with Crippen LogP contribution in [0.1, 0.15) is 49.0 Å². The Hall–Kier alpha value is -1.79. The molecule has 0 radical (unpaired) electrons. The molecule has 41 heavy (non-hydrogen) atoms. The van der Waals surface area contributed by atoms with E-state index in [2.05, 4.69) is 65.2 Å². The summed E-state index contributed by atoms with van der Waals surface area (Å²) < 4.78 is 6.06. The van der Waals surface area contributed by atoms with Crippen molar-refractivity contribution >= 4 is 23.5 Å². The first-order valence-corrected chi connectivity index (χ1v) is 16.2. The first kappa shape index (κ1) is 29.3. The summed E-state index contributed by atoms with van der Waals surface area (Å²) in [7, 11) is 2.16. The second kappa shape index (κ2) is 12.1. The molecule has 1 spiro atoms. The van der Waals surface area contributed by atoms with Gasteiger partial charge in [0.2, 0.25) is 5.91 Å². The van der Waals surface area contributed by atoms with Crippen LogP contribution in [-0.4, -0.2) is 108 Å². The number of likely N-dealkylation sites (tertiary alicyclic amines) is 1. The third kappa shape index (κ3) is 5.53. The Morgan fingerprint density at radius 3 is 2.80 bits per heavy atom. The highest BCUT2D eigenvalue weighted by Gasteiger charge is 2.56. The van der Waals surface area contributed by atoms with Gasteiger partial charge in [-0.15, -0.1) is 11.8 Å². The van der Waals surface area contributed by atoms with Crippen molar-refractivity contribution in [2.75, 3.05) is 46.4 Å². The molecule has 3 saturated heterocycles. The molecule has 6 rings (SSSR count). The number of amides is 1. The summed E-state index contributed by atoms with van der Waals surface area (Å²) >= 11 is 1.86. The Kier molecular flexibility index (Phi) is 8.62. The van der Waals surface area contributed by atoms with Crippen LogP contribution in [0.2, 0.25) is 0 Å². The molecule has 4 aliphatic heterocycles. The highest BCUT2D eigenvalue weighted by Crippen LogP contribution is 2.53. The van der Waals surface area contributed by atoms with Crippen LogP contribution in [0.3, 0.4) is 0 Å². The van der Waals surface area contributed by atoms with E-state index in [0.29, 0.717) is 44.6 Å². The molecule has 0 bridgehead atoms. The van der Waals surface area contributed by atoms with Gasteiger partial charge < -0.3 is 20.3 Å². The first-order valence-electron chi connectivity index (χ1n) is 15.3. The molecular formula is C31H46N6O3S. The number of fused-ring (bicyclic) bond motifs is 2. The average Bonchev–Trinajstić information content (AvgIpc) is 3.41. The number of ketones is 1. The van der Waals surface area contributed by atoms with Crippen molar-refractivity contribution in [3.8, 4) is 0 Å². The van der Waals surface area contributed by atoms with Gasteiger partial charge >= 0.3 is 0 Å². The number of hydrogen-bond donors (Lipinski definition) is 3. The number of piperazine rings is 1. The van der Waals surface area contributed by atoms with Crippen LogP contribution in [0, 0.1) is 5.92 Å². The maximum absolute atomic E-state index is 14.6. The lowest BCUT2D eigenvalue weighted by molar-refractivity contribution is -0.144. The van der Waals surface area contributed by atoms with Crippen LogP contribution in [0.4, 0.5) is 0 Å². The number of likely N-dealkylation sites (N-methyl/N-ethyl adjacent to an activating group) is 1. The summed E-state index contributed by atoms with van der Waals surface area (Å²) in [6.45, 7) is 9.99. The molecule has 10 heteroatoms. The molecule has 1 saturated carbocycles. The van der Waals surface area contributed by atoms with Crippen molar-refractivity contribution in [3.05, 3.63) is 48.0 Å². The van der Waals surface area contributed by atoms with Crippen LogP contribution in [-0.2, 0) is 20.7 Å². The van der Waals surface area contributed by atoms with Crippen LogP contribution in [0.5, 0.6) is 0 Å². The second-order valence-electron chi connectivity index (χ2n) is 12.6. The summed E-state index contributed by atoms with van der Waals surface area (Å²) in [6, 6.07) is 8.62. The van der Waals surface area contributed by atoms with E-state index in [-0.39, 0.29) is 35.3 Å². The molecule has 224 valence electrons. The number of benzene rings is 1. The van der Waals surface area contributed by atoms with Crippen LogP contribution >= 0.6 is 11.8 Å². The van der Waals surface area contributed by atoms with Crippen molar-refractivity contribution < 1.29 is 14.3 Å². The van der Waals surface area contributed by atoms with Gasteiger partial charge in [0.25, 0.3) is 0 Å². The van der Waals surface area contributed by atoms with Crippen LogP contribution in [0.15, 0.2) is 36.9 Å². The lowest BCUT2D eigenvalue weighted by Gasteiger charge is -2.55. The summed E-state index contributed by atoms with van der Waals surface area (Å²) in [6.07, 6.45) is 5.84. The number of hydrogen-bond acceptors (Lipinski definition) is 9. The van der Waals surface area contributed by atoms with E-state index >= 15 is 0 Å². The molecule has 5 aliphatic rings. The van der Waals surface area contributed by atoms with Gasteiger partial charge in [0.15, 0.2) is 12.1 Å². The predicted molar refractivity (Wildman–Crippen MR) is 162 cm³/mol. The van der Waals surface area contributed by atoms with E-state index in [0.717, 1.165) is 32.2 Å². The number of nitrogens with one attached hydrogen (secondary N) is 2. The van der Waals surface area contributed by atoms with Gasteiger partial charge in [0.1, 0.15) is 0 Å². The zero-order valence-electron chi connectivity index (χ0n) is 24.5. The van der Waals surface area contributed by atoms with E-state index in [1.165, 1.54) is 23.6 Å². The minimum atomic E-state index is -0.422. The maximum Gasteiger partial charge on any atom is 0.246 e. The van der Waals surface area contributed by atoms with Gasteiger partial charge in [-0.25, -0.2) is 0 Å². The molecule has 4 N–H and O–H groups in total. The Labute approximate surface area is 248 Å². The Balaban J connectivity index is 1.25. The molecule has 0 aromatic heterocycles. The molecule has 4 heterocycles. The van der Waals surface area contributed by atoms with Gasteiger partial charge in [-0.3, -0.25) is 25.1 Å². The standard InChI is InChI=1S/C31H46N6O3S/c1-4-26(38)37-15-14-36(18-23(37)17-32)29-25-11-12-31(16-21-8-5-6-10-24(21)20(2)41-31)28(39)27(25)33-30(34-29)40-19-22-9-7-13-35(22)3/h4-6,8,10,20,22-23,25,27,29-30,33-34H,1,7,9,11-19,32H2,2-3H3/t20?,22?,23?,25?,27?,29?,30?,31-/m1/s1. The number of nitrogens with zero attached hydrogens (tertiary/aromatic N) is 3. The fraction of sp³-hybridized carbons (Fsp3) is 0.677. The minimum Gasteiger partial charge on any atom is -0.348 e. The van der Waals surface area contributed by atoms with Crippen LogP contribution < -0.4 is 16.4 Å². The monoisotopic (exact) mass is 582 g/mol. The zero-order chi connectivity index (χ0) is 28.7. The lowest BCUT2D eigenvalue weighted by Crippen LogP contribution is -2.75. The SMILES string of the molecule is C=CC(=O)N1CCN(C2NC(OCC3CCCN3C)NC3C(=O)[C@@]4(CCC32)Cc2ccccc2C(C)S4)CC1CN. The third-order valence-electron chi connectivity index (χ3n) is 10.2. The number of carbonyl (C=O) groups is 2. The average molecular weight is 583 g/mol. The number of nitrogens with two attached hydrogens (primary N) is 1. The minimum absolute atomic E-state index is 0.0396. The number of Topliss-reactive ketones (excluding diaryl/α,β-unsaturated/α-hetero) is 1. The van der Waals surface area contributed by atoms with E-state index in [4.69, 9.17) is 10.5 Å². The molecule has 1 aromatic carbocycles. The van der Waals surface area contributed by atoms with Crippen molar-refractivity contribution in [2.24, 2.45) is 11.7 Å². The van der Waals surface area contributed by atoms with Gasteiger partial charge in [-0.2, -0.15) is 0 Å². The largest absolute Gasteiger partial charge is 0.348 e. The van der Waals surface area contributed by atoms with Gasteiger partial charge in [0.05, 0.1) is 29.6 Å². The van der Waals surface area contributed by atoms with Crippen molar-refractivity contribution in [3.63, 3.8) is 0 Å². The number of thioether (sulfide) groups is 1. The fourth-order valence-electron chi connectivity index (χ4n) is 7.94. The first-order chi connectivity index (χ1) is 19.8. The van der Waals surface area contributed by atoms with Gasteiger partial charge in [-0.1, -0.05) is 30.8 Å². The van der Waals surface area contributed by atoms with E-state index < -0.39 is 11.1 Å². The Morgan fingerprint density at radius 2 is 2.05 bits per heavy atom. The highest BCUT2D eigenvalue weighted by molar-refractivity contribution is 8.01. The lowest BCUT2D eigenvalue weighted by atomic mass is 9.71. The summed E-state index contributed by atoms with van der Waals surface area (Å²) in [5, 5.41) is 7.67. The Bertz CT molecular complexity index is 1150. The summed E-state index contributed by atoms with van der Waals surface area (Å²) in [5.41, 5.74) is 8.83. The number of carbonyl (C=O) groups excluding carboxylic acids is 2. The molecule has 4 fully saturated rings. The quantitative estimate of drug-likeness (QED) is 0.433. The van der Waals surface area contributed by atoms with Crippen molar-refractivity contribution in [1.82, 2.24) is 25.3 Å². The molecular weight excluding hydrogens is 536 g/mol. The van der Waals surface area contributed by atoms with E-state index in [1.807, 2.05) is 16.7 Å². The second-order valence-corrected chi connectivity index (χ2v) is 14.3. The van der Waals surface area contributed by atoms with Crippen LogP contribution in [0.25, 0.3) is 0 Å². The third-order valence-corrected chi connectivity index (χ3v) is 11.8. The van der Waals surface area contributed by atoms with Crippen molar-refractivity contribution in [1.29, 1.82) is 0 Å². The molecule has 8 atom stereocenters. The number of rotatable bonds is 6. The maximum atomic E-state index is 14.6. The molecule has 1 aliphatic carbocycles. The topological polar surface area (TPSA) is 103 Å². The summed E-state index contributed by atoms with van der Waals surface area (Å²) in [5.74, 6) is 0.348. The predicted octanol–water partition coefficient (Wildman–Crippen LogP) is 1.69. The fourth-order valence-corrected chi connectivity index (χ4v) is 9.69. The van der Waals surface area contributed by atoms with Crippen molar-refractivity contribution in [2.45, 2.75) is 79.7 Å². The summed E-state index contributed by atoms with van der Waals surface area (Å²) in [4.78, 5) is 33.7. The molecule has 9 nitrogen and oxygen atoms in total. The normalized spacial score (nSPS) is 38.1. The molecule has 1 amide bonds. The van der Waals surface area contributed by atoms with E-state index in [1.54, 1.807) is 0 Å². The van der Waals surface area contributed by atoms with E-state index in [9.17, 15) is 9.59 Å². The zero-order valence-corrected chi connectivity index (χ0v) is 25.3. The van der Waals surface area contributed by atoms with Gasteiger partial charge in [0, 0.05) is 43.4 Å². The molecule has 1 aromatic rings. The number of ether oxygens (including phenoxy) is 1. The Morgan fingerprint density at radius 1 is 1.22 bits per heavy atom.